The first kappa shape index (κ1) is 12.8. The average Bonchev–Trinajstić information content (AvgIpc) is 2.75. The first-order valence-corrected chi connectivity index (χ1v) is 6.63. The van der Waals surface area contributed by atoms with Gasteiger partial charge in [0.1, 0.15) is 0 Å². The van der Waals surface area contributed by atoms with E-state index >= 15 is 0 Å². The summed E-state index contributed by atoms with van der Waals surface area (Å²) < 4.78 is 1.83. The highest BCUT2D eigenvalue weighted by molar-refractivity contribution is 6.00. The van der Waals surface area contributed by atoms with Crippen LogP contribution in [-0.2, 0) is 23.2 Å². The molecule has 1 atom stereocenters. The molecule has 1 aromatic heterocycles. The smallest absolute Gasteiger partial charge is 0.243 e. The lowest BCUT2D eigenvalue weighted by Crippen LogP contribution is -2.50. The van der Waals surface area contributed by atoms with Gasteiger partial charge in [-0.05, 0) is 12.5 Å². The Bertz CT molecular complexity index is 677. The Balaban J connectivity index is 1.74. The van der Waals surface area contributed by atoms with E-state index in [9.17, 15) is 9.59 Å². The Morgan fingerprint density at radius 1 is 1.40 bits per heavy atom. The number of amides is 2. The van der Waals surface area contributed by atoms with Crippen molar-refractivity contribution in [3.8, 4) is 0 Å². The molecule has 0 saturated carbocycles. The first-order chi connectivity index (χ1) is 9.65. The summed E-state index contributed by atoms with van der Waals surface area (Å²) >= 11 is 0. The topological polar surface area (TPSA) is 76.0 Å². The van der Waals surface area contributed by atoms with Crippen LogP contribution in [0.15, 0.2) is 24.3 Å². The minimum atomic E-state index is -0.325. The monoisotopic (exact) mass is 272 g/mol. The number of carbonyl (C=O) groups is 2. The molecule has 3 rings (SSSR count). The standard InChI is InChI=1S/C14H16N4O2/c1-18-12-5-3-2-4-9(12)11(17-18)8-15-10-6-7-13(19)16-14(10)20/h2-5,10,15H,6-8H2,1H3,(H,16,19,20). The fourth-order valence-electron chi connectivity index (χ4n) is 2.53. The van der Waals surface area contributed by atoms with E-state index in [1.165, 1.54) is 0 Å². The van der Waals surface area contributed by atoms with Crippen LogP contribution < -0.4 is 10.6 Å². The summed E-state index contributed by atoms with van der Waals surface area (Å²) in [6.07, 6.45) is 0.918. The lowest BCUT2D eigenvalue weighted by atomic mass is 10.1. The van der Waals surface area contributed by atoms with Gasteiger partial charge < -0.3 is 5.32 Å². The molecule has 1 aromatic carbocycles. The number of hydrogen-bond donors (Lipinski definition) is 2. The normalized spacial score (nSPS) is 19.4. The molecule has 0 spiro atoms. The van der Waals surface area contributed by atoms with Gasteiger partial charge in [0.2, 0.25) is 11.8 Å². The first-order valence-electron chi connectivity index (χ1n) is 6.63. The molecule has 6 nitrogen and oxygen atoms in total. The van der Waals surface area contributed by atoms with Crippen molar-refractivity contribution in [2.75, 3.05) is 0 Å². The zero-order valence-electron chi connectivity index (χ0n) is 11.2. The lowest BCUT2D eigenvalue weighted by molar-refractivity contribution is -0.134. The SMILES string of the molecule is Cn1nc(CNC2CCC(=O)NC2=O)c2ccccc21. The highest BCUT2D eigenvalue weighted by Gasteiger charge is 2.26. The van der Waals surface area contributed by atoms with Crippen LogP contribution in [-0.4, -0.2) is 27.6 Å². The number of rotatable bonds is 3. The molecule has 20 heavy (non-hydrogen) atoms. The highest BCUT2D eigenvalue weighted by atomic mass is 16.2. The molecule has 0 aliphatic carbocycles. The number of piperidine rings is 1. The fourth-order valence-corrected chi connectivity index (χ4v) is 2.53. The minimum absolute atomic E-state index is 0.198. The summed E-state index contributed by atoms with van der Waals surface area (Å²) in [5, 5.41) is 11.1. The van der Waals surface area contributed by atoms with Crippen LogP contribution in [0.25, 0.3) is 10.9 Å². The summed E-state index contributed by atoms with van der Waals surface area (Å²) in [5.74, 6) is -0.446. The lowest BCUT2D eigenvalue weighted by Gasteiger charge is -2.21. The number of nitrogens with zero attached hydrogens (tertiary/aromatic N) is 2. The van der Waals surface area contributed by atoms with Crippen LogP contribution in [0, 0.1) is 0 Å². The molecule has 1 saturated heterocycles. The molecule has 2 N–H and O–H groups in total. The predicted molar refractivity (Wildman–Crippen MR) is 73.7 cm³/mol. The van der Waals surface area contributed by atoms with E-state index in [2.05, 4.69) is 15.7 Å². The summed E-state index contributed by atoms with van der Waals surface area (Å²) in [6, 6.07) is 7.65. The molecule has 2 amide bonds. The van der Waals surface area contributed by atoms with Gasteiger partial charge >= 0.3 is 0 Å². The third kappa shape index (κ3) is 2.30. The number of imide groups is 1. The number of para-hydroxylation sites is 1. The largest absolute Gasteiger partial charge is 0.300 e. The second-order valence-corrected chi connectivity index (χ2v) is 4.97. The van der Waals surface area contributed by atoms with Crippen molar-refractivity contribution in [3.05, 3.63) is 30.0 Å². The van der Waals surface area contributed by atoms with Gasteiger partial charge in [-0.3, -0.25) is 19.6 Å². The molecule has 2 heterocycles. The third-order valence-corrected chi connectivity index (χ3v) is 3.59. The van der Waals surface area contributed by atoms with Gasteiger partial charge in [0.25, 0.3) is 0 Å². The van der Waals surface area contributed by atoms with E-state index in [0.717, 1.165) is 16.6 Å². The van der Waals surface area contributed by atoms with Crippen molar-refractivity contribution in [2.24, 2.45) is 7.05 Å². The summed E-state index contributed by atoms with van der Waals surface area (Å²) in [5.41, 5.74) is 1.97. The Hall–Kier alpha value is -2.21. The number of hydrogen-bond acceptors (Lipinski definition) is 4. The number of aryl methyl sites for hydroxylation is 1. The molecule has 0 radical (unpaired) electrons. The average molecular weight is 272 g/mol. The second kappa shape index (κ2) is 5.05. The number of carbonyl (C=O) groups excluding carboxylic acids is 2. The number of fused-ring (bicyclic) bond motifs is 1. The van der Waals surface area contributed by atoms with E-state index in [4.69, 9.17) is 0 Å². The summed E-state index contributed by atoms with van der Waals surface area (Å²) in [6.45, 7) is 0.508. The highest BCUT2D eigenvalue weighted by Crippen LogP contribution is 2.17. The van der Waals surface area contributed by atoms with E-state index in [1.54, 1.807) is 0 Å². The molecule has 1 aliphatic rings. The third-order valence-electron chi connectivity index (χ3n) is 3.59. The maximum atomic E-state index is 11.7. The summed E-state index contributed by atoms with van der Waals surface area (Å²) in [7, 11) is 1.90. The van der Waals surface area contributed by atoms with Gasteiger partial charge in [-0.2, -0.15) is 5.10 Å². The van der Waals surface area contributed by atoms with Gasteiger partial charge in [0.15, 0.2) is 0 Å². The van der Waals surface area contributed by atoms with Gasteiger partial charge in [-0.1, -0.05) is 18.2 Å². The minimum Gasteiger partial charge on any atom is -0.300 e. The number of nitrogens with one attached hydrogen (secondary N) is 2. The van der Waals surface area contributed by atoms with Crippen molar-refractivity contribution in [2.45, 2.75) is 25.4 Å². The van der Waals surface area contributed by atoms with E-state index in [-0.39, 0.29) is 17.9 Å². The Morgan fingerprint density at radius 2 is 2.20 bits per heavy atom. The van der Waals surface area contributed by atoms with Crippen molar-refractivity contribution < 1.29 is 9.59 Å². The van der Waals surface area contributed by atoms with E-state index < -0.39 is 0 Å². The van der Waals surface area contributed by atoms with Crippen LogP contribution in [0.2, 0.25) is 0 Å². The van der Waals surface area contributed by atoms with E-state index in [0.29, 0.717) is 19.4 Å². The van der Waals surface area contributed by atoms with Gasteiger partial charge in [0, 0.05) is 25.4 Å². The molecule has 0 bridgehead atoms. The number of benzene rings is 1. The molecule has 1 fully saturated rings. The van der Waals surface area contributed by atoms with Crippen molar-refractivity contribution >= 4 is 22.7 Å². The van der Waals surface area contributed by atoms with Crippen LogP contribution in [0.4, 0.5) is 0 Å². The summed E-state index contributed by atoms with van der Waals surface area (Å²) in [4.78, 5) is 22.8. The Kier molecular flexibility index (Phi) is 3.23. The maximum Gasteiger partial charge on any atom is 0.243 e. The molecule has 1 aliphatic heterocycles. The Labute approximate surface area is 116 Å². The van der Waals surface area contributed by atoms with Crippen LogP contribution in [0.5, 0.6) is 0 Å². The molecular formula is C14H16N4O2. The molecule has 1 unspecified atom stereocenters. The van der Waals surface area contributed by atoms with E-state index in [1.807, 2.05) is 36.0 Å². The van der Waals surface area contributed by atoms with Crippen molar-refractivity contribution in [1.29, 1.82) is 0 Å². The molecule has 2 aromatic rings. The zero-order chi connectivity index (χ0) is 14.1. The predicted octanol–water partition coefficient (Wildman–Crippen LogP) is 0.468. The second-order valence-electron chi connectivity index (χ2n) is 4.97. The van der Waals surface area contributed by atoms with Crippen molar-refractivity contribution in [1.82, 2.24) is 20.4 Å². The van der Waals surface area contributed by atoms with Crippen LogP contribution >= 0.6 is 0 Å². The molecular weight excluding hydrogens is 256 g/mol. The van der Waals surface area contributed by atoms with Gasteiger partial charge in [-0.15, -0.1) is 0 Å². The van der Waals surface area contributed by atoms with Crippen molar-refractivity contribution in [3.63, 3.8) is 0 Å². The quantitative estimate of drug-likeness (QED) is 0.796. The van der Waals surface area contributed by atoms with Gasteiger partial charge in [-0.25, -0.2) is 0 Å². The van der Waals surface area contributed by atoms with Crippen LogP contribution in [0.1, 0.15) is 18.5 Å². The Morgan fingerprint density at radius 3 is 3.00 bits per heavy atom. The molecule has 6 heteroatoms. The van der Waals surface area contributed by atoms with Crippen LogP contribution in [0.3, 0.4) is 0 Å². The number of aromatic nitrogens is 2. The fraction of sp³-hybridized carbons (Fsp3) is 0.357. The zero-order valence-corrected chi connectivity index (χ0v) is 11.2. The van der Waals surface area contributed by atoms with Gasteiger partial charge in [0.05, 0.1) is 17.3 Å². The molecule has 104 valence electrons. The maximum absolute atomic E-state index is 11.7.